The van der Waals surface area contributed by atoms with Crippen LogP contribution in [0.4, 0.5) is 5.69 Å². The van der Waals surface area contributed by atoms with Crippen molar-refractivity contribution in [2.24, 2.45) is 0 Å². The normalized spacial score (nSPS) is 11.0. The summed E-state index contributed by atoms with van der Waals surface area (Å²) in [5, 5.41) is 2.88. The molecule has 0 aliphatic heterocycles. The Hall–Kier alpha value is -3.64. The van der Waals surface area contributed by atoms with Crippen LogP contribution < -0.4 is 5.32 Å². The van der Waals surface area contributed by atoms with Crippen LogP contribution in [0, 0.1) is 6.92 Å². The molecule has 0 fully saturated rings. The van der Waals surface area contributed by atoms with Gasteiger partial charge >= 0.3 is 0 Å². The van der Waals surface area contributed by atoms with Gasteiger partial charge in [0.05, 0.1) is 0 Å². The molecule has 2 heterocycles. The van der Waals surface area contributed by atoms with Crippen molar-refractivity contribution in [1.29, 1.82) is 0 Å². The number of hydrogen-bond acceptors (Lipinski definition) is 4. The summed E-state index contributed by atoms with van der Waals surface area (Å²) in [6.07, 6.45) is 0. The van der Waals surface area contributed by atoms with Crippen LogP contribution in [0.25, 0.3) is 33.9 Å². The molecule has 31 heavy (non-hydrogen) atoms. The highest BCUT2D eigenvalue weighted by Crippen LogP contribution is 2.28. The molecular formula is C25H17BrN2O3. The van der Waals surface area contributed by atoms with Crippen molar-refractivity contribution < 1.29 is 13.6 Å². The van der Waals surface area contributed by atoms with Crippen molar-refractivity contribution >= 4 is 38.6 Å². The third-order valence-corrected chi connectivity index (χ3v) is 5.40. The second-order valence-corrected chi connectivity index (χ2v) is 8.11. The zero-order valence-electron chi connectivity index (χ0n) is 16.6. The van der Waals surface area contributed by atoms with E-state index in [0.717, 1.165) is 32.3 Å². The average Bonchev–Trinajstić information content (AvgIpc) is 3.42. The summed E-state index contributed by atoms with van der Waals surface area (Å²) in [4.78, 5) is 17.3. The van der Waals surface area contributed by atoms with Crippen molar-refractivity contribution in [3.8, 4) is 22.8 Å². The number of fused-ring (bicyclic) bond motifs is 1. The minimum absolute atomic E-state index is 0.237. The molecule has 5 rings (SSSR count). The zero-order chi connectivity index (χ0) is 21.4. The molecule has 0 atom stereocenters. The summed E-state index contributed by atoms with van der Waals surface area (Å²) in [5.41, 5.74) is 4.96. The monoisotopic (exact) mass is 472 g/mol. The molecule has 1 amide bonds. The summed E-state index contributed by atoms with van der Waals surface area (Å²) in [7, 11) is 0. The Morgan fingerprint density at radius 2 is 1.74 bits per heavy atom. The fourth-order valence-corrected chi connectivity index (χ4v) is 3.58. The van der Waals surface area contributed by atoms with Crippen molar-refractivity contribution in [3.05, 3.63) is 94.7 Å². The van der Waals surface area contributed by atoms with Crippen molar-refractivity contribution in [1.82, 2.24) is 4.98 Å². The lowest BCUT2D eigenvalue weighted by Crippen LogP contribution is -2.10. The number of furan rings is 1. The molecule has 0 saturated carbocycles. The number of aryl methyl sites for hydroxylation is 1. The van der Waals surface area contributed by atoms with Crippen molar-refractivity contribution in [2.45, 2.75) is 6.92 Å². The zero-order valence-corrected chi connectivity index (χ0v) is 18.1. The van der Waals surface area contributed by atoms with Crippen LogP contribution >= 0.6 is 15.9 Å². The topological polar surface area (TPSA) is 68.3 Å². The van der Waals surface area contributed by atoms with E-state index in [1.54, 1.807) is 12.1 Å². The van der Waals surface area contributed by atoms with Gasteiger partial charge in [0.2, 0.25) is 5.89 Å². The minimum atomic E-state index is -0.325. The summed E-state index contributed by atoms with van der Waals surface area (Å²) in [6, 6.07) is 24.4. The van der Waals surface area contributed by atoms with E-state index in [1.165, 1.54) is 0 Å². The van der Waals surface area contributed by atoms with E-state index in [1.807, 2.05) is 73.7 Å². The Morgan fingerprint density at radius 3 is 2.58 bits per heavy atom. The molecule has 2 aromatic heterocycles. The highest BCUT2D eigenvalue weighted by atomic mass is 79.9. The number of aromatic nitrogens is 1. The fourth-order valence-electron chi connectivity index (χ4n) is 3.31. The Kier molecular flexibility index (Phi) is 4.92. The van der Waals surface area contributed by atoms with Gasteiger partial charge in [-0.1, -0.05) is 40.2 Å². The third-order valence-electron chi connectivity index (χ3n) is 4.87. The van der Waals surface area contributed by atoms with Crippen LogP contribution in [0.3, 0.4) is 0 Å². The molecule has 6 heteroatoms. The van der Waals surface area contributed by atoms with E-state index < -0.39 is 0 Å². The van der Waals surface area contributed by atoms with Crippen LogP contribution in [0.2, 0.25) is 0 Å². The quantitative estimate of drug-likeness (QED) is 0.303. The predicted molar refractivity (Wildman–Crippen MR) is 124 cm³/mol. The first-order chi connectivity index (χ1) is 15.0. The summed E-state index contributed by atoms with van der Waals surface area (Å²) in [6.45, 7) is 2.01. The van der Waals surface area contributed by atoms with Crippen molar-refractivity contribution in [2.75, 3.05) is 5.32 Å². The molecule has 0 unspecified atom stereocenters. The molecule has 0 saturated heterocycles. The number of hydrogen-bond donors (Lipinski definition) is 1. The molecule has 152 valence electrons. The maximum Gasteiger partial charge on any atom is 0.291 e. The van der Waals surface area contributed by atoms with Crippen LogP contribution in [0.1, 0.15) is 16.1 Å². The Labute approximate surface area is 186 Å². The third kappa shape index (κ3) is 4.02. The van der Waals surface area contributed by atoms with Crippen LogP contribution in [-0.4, -0.2) is 10.9 Å². The molecular weight excluding hydrogens is 456 g/mol. The second kappa shape index (κ2) is 7.89. The van der Waals surface area contributed by atoms with E-state index in [4.69, 9.17) is 8.83 Å². The summed E-state index contributed by atoms with van der Waals surface area (Å²) < 4.78 is 12.6. The van der Waals surface area contributed by atoms with Gasteiger partial charge in [0.15, 0.2) is 11.3 Å². The highest BCUT2D eigenvalue weighted by molar-refractivity contribution is 9.10. The largest absolute Gasteiger partial charge is 0.451 e. The average molecular weight is 473 g/mol. The van der Waals surface area contributed by atoms with E-state index >= 15 is 0 Å². The molecule has 5 aromatic rings. The van der Waals surface area contributed by atoms with Gasteiger partial charge in [-0.15, -0.1) is 0 Å². The maximum absolute atomic E-state index is 12.7. The lowest BCUT2D eigenvalue weighted by molar-refractivity contribution is 0.0997. The van der Waals surface area contributed by atoms with E-state index in [0.29, 0.717) is 17.3 Å². The first kappa shape index (κ1) is 19.3. The molecule has 0 radical (unpaired) electrons. The minimum Gasteiger partial charge on any atom is -0.451 e. The standard InChI is InChI=1S/C25H17BrN2O3/c1-15-5-10-22-20(13-15)28-25(31-22)17-3-2-4-19(14-17)27-24(29)23-12-11-21(30-23)16-6-8-18(26)9-7-16/h2-14H,1H3,(H,27,29). The first-order valence-corrected chi connectivity index (χ1v) is 10.5. The van der Waals surface area contributed by atoms with E-state index in [9.17, 15) is 4.79 Å². The summed E-state index contributed by atoms with van der Waals surface area (Å²) >= 11 is 3.41. The number of halogens is 1. The number of anilines is 1. The number of oxazole rings is 1. The number of amides is 1. The first-order valence-electron chi connectivity index (χ1n) is 9.70. The molecule has 1 N–H and O–H groups in total. The Balaban J connectivity index is 1.36. The van der Waals surface area contributed by atoms with Gasteiger partial charge < -0.3 is 14.2 Å². The molecule has 0 aliphatic rings. The number of nitrogens with zero attached hydrogens (tertiary/aromatic N) is 1. The van der Waals surface area contributed by atoms with Gasteiger partial charge in [-0.25, -0.2) is 4.98 Å². The molecule has 0 bridgehead atoms. The van der Waals surface area contributed by atoms with Gasteiger partial charge in [-0.2, -0.15) is 0 Å². The lowest BCUT2D eigenvalue weighted by atomic mass is 10.2. The van der Waals surface area contributed by atoms with E-state index in [-0.39, 0.29) is 11.7 Å². The molecule has 0 aliphatic carbocycles. The Morgan fingerprint density at radius 1 is 0.903 bits per heavy atom. The lowest BCUT2D eigenvalue weighted by Gasteiger charge is -2.04. The highest BCUT2D eigenvalue weighted by Gasteiger charge is 2.14. The number of carbonyl (C=O) groups is 1. The van der Waals surface area contributed by atoms with Gasteiger partial charge in [-0.3, -0.25) is 4.79 Å². The van der Waals surface area contributed by atoms with Crippen LogP contribution in [0.5, 0.6) is 0 Å². The van der Waals surface area contributed by atoms with Crippen LogP contribution in [-0.2, 0) is 0 Å². The summed E-state index contributed by atoms with van der Waals surface area (Å²) in [5.74, 6) is 1.05. The number of nitrogens with one attached hydrogen (secondary N) is 1. The predicted octanol–water partition coefficient (Wildman–Crippen LogP) is 7.08. The van der Waals surface area contributed by atoms with Crippen LogP contribution in [0.15, 0.2) is 92.2 Å². The second-order valence-electron chi connectivity index (χ2n) is 7.20. The SMILES string of the molecule is Cc1ccc2oc(-c3cccc(NC(=O)c4ccc(-c5ccc(Br)cc5)o4)c3)nc2c1. The Bertz CT molecular complexity index is 1400. The van der Waals surface area contributed by atoms with Gasteiger partial charge in [0.25, 0.3) is 5.91 Å². The van der Waals surface area contributed by atoms with Crippen molar-refractivity contribution in [3.63, 3.8) is 0 Å². The number of rotatable bonds is 4. The molecule has 3 aromatic carbocycles. The molecule has 0 spiro atoms. The van der Waals surface area contributed by atoms with Gasteiger partial charge in [0, 0.05) is 21.3 Å². The van der Waals surface area contributed by atoms with Gasteiger partial charge in [-0.05, 0) is 67.1 Å². The maximum atomic E-state index is 12.7. The molecule has 5 nitrogen and oxygen atoms in total. The smallest absolute Gasteiger partial charge is 0.291 e. The number of benzene rings is 3. The van der Waals surface area contributed by atoms with E-state index in [2.05, 4.69) is 26.2 Å². The number of carbonyl (C=O) groups excluding carboxylic acids is 1. The van der Waals surface area contributed by atoms with Gasteiger partial charge in [0.1, 0.15) is 11.3 Å². The fraction of sp³-hybridized carbons (Fsp3) is 0.0400.